The number of anilines is 2. The summed E-state index contributed by atoms with van der Waals surface area (Å²) < 4.78 is 0. The van der Waals surface area contributed by atoms with E-state index in [9.17, 15) is 24.8 Å². The maximum atomic E-state index is 12.2. The van der Waals surface area contributed by atoms with Crippen LogP contribution in [-0.2, 0) is 0 Å². The first-order valence-corrected chi connectivity index (χ1v) is 8.96. The molecule has 3 aromatic rings. The molecular formula is C21H17N5O5. The molecular weight excluding hydrogens is 402 g/mol. The van der Waals surface area contributed by atoms with Gasteiger partial charge in [-0.2, -0.15) is 5.10 Å². The van der Waals surface area contributed by atoms with E-state index >= 15 is 0 Å². The average molecular weight is 419 g/mol. The van der Waals surface area contributed by atoms with Crippen LogP contribution >= 0.6 is 0 Å². The van der Waals surface area contributed by atoms with Crippen molar-refractivity contribution in [1.29, 1.82) is 0 Å². The lowest BCUT2D eigenvalue weighted by atomic mass is 10.2. The van der Waals surface area contributed by atoms with Crippen molar-refractivity contribution in [3.05, 3.63) is 94.0 Å². The summed E-state index contributed by atoms with van der Waals surface area (Å²) in [5, 5.41) is 29.6. The Balaban J connectivity index is 1.57. The van der Waals surface area contributed by atoms with Crippen molar-refractivity contribution < 1.29 is 19.6 Å². The Labute approximate surface area is 176 Å². The number of nitro benzene ring substituents is 1. The standard InChI is InChI=1S/C21H17N5O5/c27-19-11-10-18(26(30)31)12-15(19)13-22-25-20(28)14-6-8-17(9-7-14)24-21(29)23-16-4-2-1-3-5-16/h1-13,27H,(H,25,28)(H2,23,24,29). The van der Waals surface area contributed by atoms with Crippen molar-refractivity contribution in [3.8, 4) is 5.75 Å². The molecule has 3 amide bonds. The smallest absolute Gasteiger partial charge is 0.323 e. The predicted octanol–water partition coefficient (Wildman–Crippen LogP) is 3.71. The molecule has 4 N–H and O–H groups in total. The van der Waals surface area contributed by atoms with E-state index in [1.54, 1.807) is 36.4 Å². The summed E-state index contributed by atoms with van der Waals surface area (Å²) >= 11 is 0. The first-order valence-electron chi connectivity index (χ1n) is 8.96. The van der Waals surface area contributed by atoms with E-state index in [4.69, 9.17) is 0 Å². The van der Waals surface area contributed by atoms with Crippen LogP contribution in [-0.4, -0.2) is 28.2 Å². The third-order valence-corrected chi connectivity index (χ3v) is 4.03. The van der Waals surface area contributed by atoms with Crippen LogP contribution in [0.5, 0.6) is 5.75 Å². The summed E-state index contributed by atoms with van der Waals surface area (Å²) in [7, 11) is 0. The lowest BCUT2D eigenvalue weighted by Gasteiger charge is -2.08. The molecule has 10 heteroatoms. The number of phenols is 1. The van der Waals surface area contributed by atoms with Gasteiger partial charge >= 0.3 is 6.03 Å². The zero-order valence-corrected chi connectivity index (χ0v) is 16.0. The fraction of sp³-hybridized carbons (Fsp3) is 0. The van der Waals surface area contributed by atoms with E-state index in [1.807, 2.05) is 6.07 Å². The van der Waals surface area contributed by atoms with Crippen LogP contribution in [0.2, 0.25) is 0 Å². The molecule has 156 valence electrons. The van der Waals surface area contributed by atoms with Crippen LogP contribution in [0.3, 0.4) is 0 Å². The Morgan fingerprint density at radius 1 is 0.935 bits per heavy atom. The van der Waals surface area contributed by atoms with Crippen LogP contribution in [0.15, 0.2) is 77.9 Å². The summed E-state index contributed by atoms with van der Waals surface area (Å²) in [4.78, 5) is 34.4. The topological polar surface area (TPSA) is 146 Å². The molecule has 3 rings (SSSR count). The second-order valence-electron chi connectivity index (χ2n) is 6.22. The van der Waals surface area contributed by atoms with Gasteiger partial charge in [-0.25, -0.2) is 10.2 Å². The SMILES string of the molecule is O=C(Nc1ccccc1)Nc1ccc(C(=O)NN=Cc2cc([N+](=O)[O-])ccc2O)cc1. The molecule has 0 spiro atoms. The quantitative estimate of drug-likeness (QED) is 0.273. The molecule has 0 bridgehead atoms. The van der Waals surface area contributed by atoms with E-state index in [-0.39, 0.29) is 22.6 Å². The maximum Gasteiger partial charge on any atom is 0.323 e. The van der Waals surface area contributed by atoms with Crippen LogP contribution < -0.4 is 16.1 Å². The van der Waals surface area contributed by atoms with Gasteiger partial charge < -0.3 is 15.7 Å². The second kappa shape index (κ2) is 9.65. The van der Waals surface area contributed by atoms with Gasteiger partial charge in [-0.1, -0.05) is 18.2 Å². The number of benzene rings is 3. The number of carbonyl (C=O) groups excluding carboxylic acids is 2. The highest BCUT2D eigenvalue weighted by Crippen LogP contribution is 2.21. The van der Waals surface area contributed by atoms with Crippen molar-refractivity contribution in [1.82, 2.24) is 5.43 Å². The molecule has 0 aromatic heterocycles. The summed E-state index contributed by atoms with van der Waals surface area (Å²) in [6, 6.07) is 18.0. The number of para-hydroxylation sites is 1. The Bertz CT molecular complexity index is 1130. The van der Waals surface area contributed by atoms with Gasteiger partial charge in [0.05, 0.1) is 11.1 Å². The Morgan fingerprint density at radius 3 is 2.23 bits per heavy atom. The summed E-state index contributed by atoms with van der Waals surface area (Å²) in [6.45, 7) is 0. The molecule has 0 fully saturated rings. The van der Waals surface area contributed by atoms with Crippen molar-refractivity contribution in [3.63, 3.8) is 0 Å². The number of hydrogen-bond donors (Lipinski definition) is 4. The normalized spacial score (nSPS) is 10.5. The number of nitrogens with zero attached hydrogens (tertiary/aromatic N) is 2. The highest BCUT2D eigenvalue weighted by Gasteiger charge is 2.10. The predicted molar refractivity (Wildman–Crippen MR) is 115 cm³/mol. The van der Waals surface area contributed by atoms with Gasteiger partial charge in [0.15, 0.2) is 0 Å². The van der Waals surface area contributed by atoms with E-state index < -0.39 is 16.9 Å². The van der Waals surface area contributed by atoms with Crippen molar-refractivity contribution >= 4 is 35.2 Å². The Kier molecular flexibility index (Phi) is 6.54. The molecule has 0 unspecified atom stereocenters. The molecule has 3 aromatic carbocycles. The number of nitrogens with one attached hydrogen (secondary N) is 3. The largest absolute Gasteiger partial charge is 0.507 e. The van der Waals surface area contributed by atoms with Gasteiger partial charge in [0.25, 0.3) is 11.6 Å². The number of aromatic hydroxyl groups is 1. The summed E-state index contributed by atoms with van der Waals surface area (Å²) in [5.74, 6) is -0.755. The van der Waals surface area contributed by atoms with E-state index in [0.717, 1.165) is 18.3 Å². The minimum Gasteiger partial charge on any atom is -0.507 e. The molecule has 0 radical (unpaired) electrons. The van der Waals surface area contributed by atoms with Gasteiger partial charge in [0, 0.05) is 34.6 Å². The summed E-state index contributed by atoms with van der Waals surface area (Å²) in [6.07, 6.45) is 1.10. The highest BCUT2D eigenvalue weighted by molar-refractivity contribution is 6.00. The first-order chi connectivity index (χ1) is 14.9. The first kappa shape index (κ1) is 21.0. The number of hydrazone groups is 1. The number of rotatable bonds is 6. The van der Waals surface area contributed by atoms with Crippen molar-refractivity contribution in [2.24, 2.45) is 5.10 Å². The van der Waals surface area contributed by atoms with Crippen LogP contribution in [0.4, 0.5) is 21.9 Å². The van der Waals surface area contributed by atoms with Gasteiger partial charge in [-0.3, -0.25) is 14.9 Å². The number of amides is 3. The molecule has 0 aliphatic rings. The number of non-ortho nitro benzene ring substituents is 1. The number of carbonyl (C=O) groups is 2. The van der Waals surface area contributed by atoms with Crippen LogP contribution in [0, 0.1) is 10.1 Å². The second-order valence-corrected chi connectivity index (χ2v) is 6.22. The molecule has 0 heterocycles. The maximum absolute atomic E-state index is 12.2. The van der Waals surface area contributed by atoms with Crippen molar-refractivity contribution in [2.45, 2.75) is 0 Å². The van der Waals surface area contributed by atoms with Gasteiger partial charge in [0.2, 0.25) is 0 Å². The Hall–Kier alpha value is -4.73. The minimum absolute atomic E-state index is 0.0819. The lowest BCUT2D eigenvalue weighted by Crippen LogP contribution is -2.20. The van der Waals surface area contributed by atoms with Gasteiger partial charge in [-0.15, -0.1) is 0 Å². The van der Waals surface area contributed by atoms with Gasteiger partial charge in [-0.05, 0) is 42.5 Å². The zero-order chi connectivity index (χ0) is 22.2. The molecule has 0 saturated heterocycles. The van der Waals surface area contributed by atoms with E-state index in [2.05, 4.69) is 21.2 Å². The molecule has 31 heavy (non-hydrogen) atoms. The average Bonchev–Trinajstić information content (AvgIpc) is 2.76. The number of phenolic OH excluding ortho intramolecular Hbond substituents is 1. The fourth-order valence-corrected chi connectivity index (χ4v) is 2.50. The van der Waals surface area contributed by atoms with E-state index in [1.165, 1.54) is 18.2 Å². The molecule has 0 atom stereocenters. The molecule has 0 aliphatic heterocycles. The number of urea groups is 1. The highest BCUT2D eigenvalue weighted by atomic mass is 16.6. The van der Waals surface area contributed by atoms with Gasteiger partial charge in [0.1, 0.15) is 5.75 Å². The third-order valence-electron chi connectivity index (χ3n) is 4.03. The summed E-state index contributed by atoms with van der Waals surface area (Å²) in [5.41, 5.74) is 3.53. The van der Waals surface area contributed by atoms with Crippen molar-refractivity contribution in [2.75, 3.05) is 10.6 Å². The van der Waals surface area contributed by atoms with Crippen LogP contribution in [0.25, 0.3) is 0 Å². The van der Waals surface area contributed by atoms with Crippen LogP contribution in [0.1, 0.15) is 15.9 Å². The third kappa shape index (κ3) is 5.87. The number of hydrogen-bond acceptors (Lipinski definition) is 6. The molecule has 0 aliphatic carbocycles. The molecule has 10 nitrogen and oxygen atoms in total. The number of nitro groups is 1. The fourth-order valence-electron chi connectivity index (χ4n) is 2.50. The zero-order valence-electron chi connectivity index (χ0n) is 16.0. The minimum atomic E-state index is -0.606. The lowest BCUT2D eigenvalue weighted by molar-refractivity contribution is -0.384. The Morgan fingerprint density at radius 2 is 1.58 bits per heavy atom. The van der Waals surface area contributed by atoms with E-state index in [0.29, 0.717) is 11.4 Å². The monoisotopic (exact) mass is 419 g/mol. The molecule has 0 saturated carbocycles.